The summed E-state index contributed by atoms with van der Waals surface area (Å²) in [5.41, 5.74) is 2.03. The Bertz CT molecular complexity index is 684. The van der Waals surface area contributed by atoms with Crippen molar-refractivity contribution < 1.29 is 4.79 Å². The highest BCUT2D eigenvalue weighted by Crippen LogP contribution is 2.16. The molecule has 0 amide bonds. The minimum Gasteiger partial charge on any atom is -0.293 e. The molecule has 110 valence electrons. The number of rotatable bonds is 2. The summed E-state index contributed by atoms with van der Waals surface area (Å²) in [6.45, 7) is 2.08. The number of thiocarbonyl (C=S) groups is 1. The summed E-state index contributed by atoms with van der Waals surface area (Å²) < 4.78 is 0. The maximum atomic E-state index is 12.0. The van der Waals surface area contributed by atoms with Gasteiger partial charge in [0.1, 0.15) is 0 Å². The molecule has 2 heteroatoms. The highest BCUT2D eigenvalue weighted by atomic mass is 32.1. The lowest BCUT2D eigenvalue weighted by atomic mass is 9.92. The number of allylic oxidation sites excluding steroid dienone is 4. The van der Waals surface area contributed by atoms with Crippen LogP contribution in [-0.4, -0.2) is 10.6 Å². The van der Waals surface area contributed by atoms with Crippen LogP contribution in [0.25, 0.3) is 0 Å². The summed E-state index contributed by atoms with van der Waals surface area (Å²) in [6.07, 6.45) is 7.37. The quantitative estimate of drug-likeness (QED) is 0.575. The monoisotopic (exact) mass is 306 g/mol. The largest absolute Gasteiger partial charge is 0.293 e. The molecule has 0 saturated carbocycles. The predicted molar refractivity (Wildman–Crippen MR) is 96.3 cm³/mol. The van der Waals surface area contributed by atoms with Gasteiger partial charge in [-0.25, -0.2) is 0 Å². The molecule has 0 saturated heterocycles. The first-order valence-electron chi connectivity index (χ1n) is 7.18. The molecule has 1 nitrogen and oxygen atoms in total. The van der Waals surface area contributed by atoms with Gasteiger partial charge >= 0.3 is 0 Å². The summed E-state index contributed by atoms with van der Waals surface area (Å²) in [4.78, 5) is 12.7. The Hall–Kier alpha value is -2.32. The number of Topliss-reactive ketones (excluding diaryl/α,β-unsaturated/α-hetero) is 1. The van der Waals surface area contributed by atoms with Crippen LogP contribution < -0.4 is 0 Å². The van der Waals surface area contributed by atoms with Gasteiger partial charge in [0, 0.05) is 10.4 Å². The van der Waals surface area contributed by atoms with Crippen molar-refractivity contribution in [1.82, 2.24) is 0 Å². The maximum absolute atomic E-state index is 12.0. The van der Waals surface area contributed by atoms with Gasteiger partial charge in [0.15, 0.2) is 5.78 Å². The zero-order valence-corrected chi connectivity index (χ0v) is 13.3. The van der Waals surface area contributed by atoms with E-state index in [0.29, 0.717) is 10.4 Å². The van der Waals surface area contributed by atoms with E-state index in [4.69, 9.17) is 12.2 Å². The van der Waals surface area contributed by atoms with Gasteiger partial charge in [-0.1, -0.05) is 96.7 Å². The zero-order valence-electron chi connectivity index (χ0n) is 12.5. The van der Waals surface area contributed by atoms with Crippen LogP contribution in [0.3, 0.4) is 0 Å². The second kappa shape index (κ2) is 8.20. The third-order valence-corrected chi connectivity index (χ3v) is 3.65. The number of carbonyl (C=O) groups is 1. The van der Waals surface area contributed by atoms with E-state index < -0.39 is 0 Å². The van der Waals surface area contributed by atoms with E-state index in [1.165, 1.54) is 5.56 Å². The van der Waals surface area contributed by atoms with Gasteiger partial charge in [0.25, 0.3) is 0 Å². The van der Waals surface area contributed by atoms with Gasteiger partial charge in [0.2, 0.25) is 0 Å². The van der Waals surface area contributed by atoms with Gasteiger partial charge in [-0.15, -0.1) is 0 Å². The second-order valence-corrected chi connectivity index (χ2v) is 5.48. The first-order chi connectivity index (χ1) is 10.7. The van der Waals surface area contributed by atoms with Gasteiger partial charge in [0.05, 0.1) is 5.92 Å². The minimum absolute atomic E-state index is 0.0706. The maximum Gasteiger partial charge on any atom is 0.174 e. The molecular formula is C20H18OS. The third kappa shape index (κ3) is 4.61. The minimum atomic E-state index is -0.271. The van der Waals surface area contributed by atoms with Crippen molar-refractivity contribution in [3.8, 4) is 0 Å². The number of ketones is 1. The molecule has 1 aliphatic carbocycles. The van der Waals surface area contributed by atoms with Crippen molar-refractivity contribution in [2.75, 3.05) is 0 Å². The van der Waals surface area contributed by atoms with Crippen LogP contribution in [0.4, 0.5) is 0 Å². The summed E-state index contributed by atoms with van der Waals surface area (Å²) >= 11 is 5.14. The Kier molecular flexibility index (Phi) is 5.99. The van der Waals surface area contributed by atoms with E-state index in [0.717, 1.165) is 0 Å². The molecule has 0 spiro atoms. The summed E-state index contributed by atoms with van der Waals surface area (Å²) in [7, 11) is 0. The van der Waals surface area contributed by atoms with Gasteiger partial charge in [-0.05, 0) is 13.0 Å². The Morgan fingerprint density at radius 1 is 0.909 bits per heavy atom. The molecule has 0 heterocycles. The standard InChI is InChI=1S/C13H10OS.C7H8/c14-13(10-6-2-1-3-7-10)11-8-4-5-9-12(11)15;1-7-5-3-2-4-6-7/h1-9,11H;2-6H,1H3. The lowest BCUT2D eigenvalue weighted by Crippen LogP contribution is -2.20. The molecular weight excluding hydrogens is 288 g/mol. The summed E-state index contributed by atoms with van der Waals surface area (Å²) in [5, 5.41) is 0. The number of hydrogen-bond acceptors (Lipinski definition) is 2. The van der Waals surface area contributed by atoms with E-state index in [9.17, 15) is 4.79 Å². The Morgan fingerprint density at radius 2 is 1.50 bits per heavy atom. The zero-order chi connectivity index (χ0) is 15.8. The smallest absolute Gasteiger partial charge is 0.174 e. The van der Waals surface area contributed by atoms with Crippen molar-refractivity contribution in [2.24, 2.45) is 5.92 Å². The molecule has 2 aromatic rings. The molecule has 1 aliphatic rings. The van der Waals surface area contributed by atoms with E-state index in [1.807, 2.05) is 66.8 Å². The molecule has 1 unspecified atom stereocenters. The highest BCUT2D eigenvalue weighted by Gasteiger charge is 2.21. The number of aryl methyl sites for hydroxylation is 1. The Labute approximate surface area is 137 Å². The fourth-order valence-corrected chi connectivity index (χ4v) is 2.32. The van der Waals surface area contributed by atoms with Crippen molar-refractivity contribution in [1.29, 1.82) is 0 Å². The van der Waals surface area contributed by atoms with Crippen LogP contribution in [0.2, 0.25) is 0 Å². The van der Waals surface area contributed by atoms with Crippen molar-refractivity contribution in [3.63, 3.8) is 0 Å². The topological polar surface area (TPSA) is 17.1 Å². The number of hydrogen-bond donors (Lipinski definition) is 0. The van der Waals surface area contributed by atoms with Crippen LogP contribution >= 0.6 is 12.2 Å². The lowest BCUT2D eigenvalue weighted by molar-refractivity contribution is 0.0973. The lowest BCUT2D eigenvalue weighted by Gasteiger charge is -2.12. The molecule has 0 N–H and O–H groups in total. The second-order valence-electron chi connectivity index (χ2n) is 5.01. The Balaban J connectivity index is 0.000000211. The average Bonchev–Trinajstić information content (AvgIpc) is 2.57. The van der Waals surface area contributed by atoms with Crippen LogP contribution in [0.1, 0.15) is 15.9 Å². The highest BCUT2D eigenvalue weighted by molar-refractivity contribution is 7.80. The fourth-order valence-electron chi connectivity index (χ4n) is 2.06. The molecule has 2 aromatic carbocycles. The van der Waals surface area contributed by atoms with Gasteiger partial charge in [-0.3, -0.25) is 4.79 Å². The normalized spacial score (nSPS) is 15.9. The van der Waals surface area contributed by atoms with Crippen LogP contribution in [0.5, 0.6) is 0 Å². The third-order valence-electron chi connectivity index (χ3n) is 3.26. The van der Waals surface area contributed by atoms with E-state index in [1.54, 1.807) is 6.08 Å². The van der Waals surface area contributed by atoms with Crippen molar-refractivity contribution >= 4 is 22.9 Å². The van der Waals surface area contributed by atoms with Crippen molar-refractivity contribution in [3.05, 3.63) is 96.1 Å². The molecule has 22 heavy (non-hydrogen) atoms. The molecule has 3 rings (SSSR count). The van der Waals surface area contributed by atoms with Crippen LogP contribution in [-0.2, 0) is 0 Å². The SMILES string of the molecule is Cc1ccccc1.O=C(c1ccccc1)C1C=CC=CC1=S. The van der Waals surface area contributed by atoms with Crippen molar-refractivity contribution in [2.45, 2.75) is 6.92 Å². The first-order valence-corrected chi connectivity index (χ1v) is 7.59. The summed E-state index contributed by atoms with van der Waals surface area (Å²) in [5.74, 6) is -0.200. The van der Waals surface area contributed by atoms with Crippen LogP contribution in [0, 0.1) is 12.8 Å². The molecule has 0 fully saturated rings. The molecule has 0 radical (unpaired) electrons. The van der Waals surface area contributed by atoms with E-state index in [-0.39, 0.29) is 11.7 Å². The molecule has 0 aromatic heterocycles. The first kappa shape index (κ1) is 16.1. The van der Waals surface area contributed by atoms with E-state index in [2.05, 4.69) is 19.1 Å². The van der Waals surface area contributed by atoms with E-state index >= 15 is 0 Å². The average molecular weight is 306 g/mol. The van der Waals surface area contributed by atoms with Crippen LogP contribution in [0.15, 0.2) is 85.0 Å². The summed E-state index contributed by atoms with van der Waals surface area (Å²) in [6, 6.07) is 19.5. The molecule has 0 aliphatic heterocycles. The Morgan fingerprint density at radius 3 is 2.00 bits per heavy atom. The molecule has 1 atom stereocenters. The predicted octanol–water partition coefficient (Wildman–Crippen LogP) is 4.98. The number of carbonyl (C=O) groups excluding carboxylic acids is 1. The number of benzene rings is 2. The fraction of sp³-hybridized carbons (Fsp3) is 0.100. The molecule has 0 bridgehead atoms. The van der Waals surface area contributed by atoms with Gasteiger partial charge in [-0.2, -0.15) is 0 Å². The van der Waals surface area contributed by atoms with Gasteiger partial charge < -0.3 is 0 Å².